The van der Waals surface area contributed by atoms with Gasteiger partial charge in [-0.15, -0.1) is 0 Å². The summed E-state index contributed by atoms with van der Waals surface area (Å²) in [5, 5.41) is 4.31. The van der Waals surface area contributed by atoms with E-state index in [0.29, 0.717) is 0 Å². The van der Waals surface area contributed by atoms with Gasteiger partial charge in [0.25, 0.3) is 0 Å². The Balaban J connectivity index is -0.000000662. The minimum absolute atomic E-state index is 0. The number of hydrogen-bond acceptors (Lipinski definition) is 0. The predicted octanol–water partition coefficient (Wildman–Crippen LogP) is 17.5. The maximum absolute atomic E-state index is 3.80. The molecule has 56 heavy (non-hydrogen) atoms. The van der Waals surface area contributed by atoms with Gasteiger partial charge in [0.15, 0.2) is 0 Å². The average molecular weight is 879 g/mol. The van der Waals surface area contributed by atoms with Crippen LogP contribution >= 0.6 is 7.92 Å². The van der Waals surface area contributed by atoms with Crippen molar-refractivity contribution in [1.29, 1.82) is 0 Å². The molecular weight excluding hydrogens is 786 g/mol. The molecule has 0 aliphatic heterocycles. The van der Waals surface area contributed by atoms with Gasteiger partial charge in [0.1, 0.15) is 15.9 Å². The van der Waals surface area contributed by atoms with Crippen molar-refractivity contribution in [3.63, 3.8) is 0 Å². The van der Waals surface area contributed by atoms with E-state index in [1.807, 2.05) is 0 Å². The Morgan fingerprint density at radius 3 is 0.643 bits per heavy atom. The summed E-state index contributed by atoms with van der Waals surface area (Å²) in [6.45, 7) is 24.2. The minimum Gasteiger partial charge on any atom is -0.343 e. The van der Waals surface area contributed by atoms with E-state index in [1.165, 1.54) is 170 Å². The minimum atomic E-state index is -0.877. The molecule has 0 saturated heterocycles. The van der Waals surface area contributed by atoms with Crippen LogP contribution in [0, 0.1) is 27.7 Å². The van der Waals surface area contributed by atoms with Crippen molar-refractivity contribution in [2.45, 2.75) is 207 Å². The Kier molecular flexibility index (Phi) is 54.6. The van der Waals surface area contributed by atoms with Crippen molar-refractivity contribution < 1.29 is 20.4 Å². The fourth-order valence-electron chi connectivity index (χ4n) is 6.14. The average Bonchev–Trinajstić information content (AvgIpc) is 3.23. The predicted molar refractivity (Wildman–Crippen MR) is 260 cm³/mol. The summed E-state index contributed by atoms with van der Waals surface area (Å²) < 4.78 is 0. The van der Waals surface area contributed by atoms with Crippen LogP contribution in [0.5, 0.6) is 0 Å². The van der Waals surface area contributed by atoms with Crippen molar-refractivity contribution in [3.05, 3.63) is 119 Å². The summed E-state index contributed by atoms with van der Waals surface area (Å²) >= 11 is 0. The Bertz CT molecular complexity index is 880. The maximum atomic E-state index is 3.80. The molecular formula is C54H92PPd-3. The molecule has 0 spiro atoms. The van der Waals surface area contributed by atoms with Crippen molar-refractivity contribution in [1.82, 2.24) is 0 Å². The third-order valence-corrected chi connectivity index (χ3v) is 12.3. The molecule has 0 N–H and O–H groups in total. The van der Waals surface area contributed by atoms with Gasteiger partial charge in [-0.2, -0.15) is 25.7 Å². The van der Waals surface area contributed by atoms with Gasteiger partial charge in [-0.05, 0) is 36.4 Å². The van der Waals surface area contributed by atoms with E-state index in [0.717, 1.165) is 25.7 Å². The standard InChI is InChI=1S/C18H15P.4C9H19.Pd/c1-4-10-16(11-5-1)19(17-12-6-2-7-13-17)18-14-8-3-9-15-18;4*1-3-5-7-9-8-6-4-2;/h1-15H;4*1,3-9H2,2H3;/q;4*-1;/p+1. The summed E-state index contributed by atoms with van der Waals surface area (Å²) in [4.78, 5) is 0. The summed E-state index contributed by atoms with van der Waals surface area (Å²) in [5.41, 5.74) is 0. The van der Waals surface area contributed by atoms with Crippen molar-refractivity contribution in [2.24, 2.45) is 0 Å². The Labute approximate surface area is 368 Å². The molecule has 3 rings (SSSR count). The molecule has 0 aliphatic rings. The number of rotatable bonds is 27. The van der Waals surface area contributed by atoms with Gasteiger partial charge in [-0.1, -0.05) is 236 Å². The largest absolute Gasteiger partial charge is 0.343 e. The van der Waals surface area contributed by atoms with E-state index < -0.39 is 7.92 Å². The first-order valence-corrected chi connectivity index (χ1v) is 24.8. The van der Waals surface area contributed by atoms with Crippen LogP contribution in [0.4, 0.5) is 0 Å². The van der Waals surface area contributed by atoms with Gasteiger partial charge < -0.3 is 27.7 Å². The van der Waals surface area contributed by atoms with Gasteiger partial charge in [-0.3, -0.25) is 0 Å². The summed E-state index contributed by atoms with van der Waals surface area (Å²) in [6.07, 6.45) is 37.8. The maximum Gasteiger partial charge on any atom is 0.102 e. The second-order valence-electron chi connectivity index (χ2n) is 15.0. The second kappa shape index (κ2) is 51.8. The fraction of sp³-hybridized carbons (Fsp3) is 0.593. The molecule has 0 amide bonds. The first kappa shape index (κ1) is 59.1. The molecule has 0 nitrogen and oxygen atoms in total. The molecule has 0 aliphatic carbocycles. The van der Waals surface area contributed by atoms with Crippen LogP contribution in [0.3, 0.4) is 0 Å². The molecule has 0 radical (unpaired) electrons. The molecule has 2 heteroatoms. The molecule has 0 atom stereocenters. The molecule has 0 unspecified atom stereocenters. The summed E-state index contributed by atoms with van der Waals surface area (Å²) in [7, 11) is -0.877. The van der Waals surface area contributed by atoms with Crippen LogP contribution in [-0.4, -0.2) is 0 Å². The topological polar surface area (TPSA) is 0 Å². The van der Waals surface area contributed by atoms with E-state index in [4.69, 9.17) is 0 Å². The molecule has 0 bridgehead atoms. The Morgan fingerprint density at radius 1 is 0.286 bits per heavy atom. The summed E-state index contributed by atoms with van der Waals surface area (Å²) in [5.74, 6) is 0. The Hall–Kier alpha value is -1.25. The zero-order valence-corrected chi connectivity index (χ0v) is 40.2. The van der Waals surface area contributed by atoms with Crippen molar-refractivity contribution >= 4 is 23.8 Å². The number of benzene rings is 3. The van der Waals surface area contributed by atoms with E-state index >= 15 is 0 Å². The smallest absolute Gasteiger partial charge is 0.102 e. The van der Waals surface area contributed by atoms with E-state index in [1.54, 1.807) is 0 Å². The van der Waals surface area contributed by atoms with Crippen LogP contribution in [0.1, 0.15) is 207 Å². The molecule has 0 aromatic heterocycles. The van der Waals surface area contributed by atoms with Crippen LogP contribution in [0.2, 0.25) is 0 Å². The number of hydrogen-bond donors (Lipinski definition) is 0. The van der Waals surface area contributed by atoms with Crippen LogP contribution in [0.25, 0.3) is 0 Å². The quantitative estimate of drug-likeness (QED) is 0.0310. The zero-order valence-electron chi connectivity index (χ0n) is 37.6. The van der Waals surface area contributed by atoms with Gasteiger partial charge in [0.05, 0.1) is 7.92 Å². The molecule has 3 aromatic carbocycles. The third kappa shape index (κ3) is 40.9. The molecule has 3 aromatic rings. The first-order valence-electron chi connectivity index (χ1n) is 23.3. The molecule has 0 saturated carbocycles. The van der Waals surface area contributed by atoms with Crippen LogP contribution < -0.4 is 15.9 Å². The molecule has 0 fully saturated rings. The monoisotopic (exact) mass is 878 g/mol. The van der Waals surface area contributed by atoms with Gasteiger partial charge in [0.2, 0.25) is 0 Å². The Morgan fingerprint density at radius 2 is 0.464 bits per heavy atom. The molecule has 0 heterocycles. The zero-order chi connectivity index (χ0) is 40.7. The summed E-state index contributed by atoms with van der Waals surface area (Å²) in [6, 6.07) is 32.5. The van der Waals surface area contributed by atoms with Crippen LogP contribution in [-0.2, 0) is 20.4 Å². The van der Waals surface area contributed by atoms with Gasteiger partial charge in [0, 0.05) is 20.4 Å². The van der Waals surface area contributed by atoms with E-state index in [2.05, 4.69) is 146 Å². The fourth-order valence-corrected chi connectivity index (χ4v) is 8.72. The number of unbranched alkanes of at least 4 members (excludes halogenated alkanes) is 24. The van der Waals surface area contributed by atoms with Crippen molar-refractivity contribution in [3.8, 4) is 0 Å². The van der Waals surface area contributed by atoms with Gasteiger partial charge >= 0.3 is 0 Å². The SMILES string of the molecule is [CH2-]CCCCCCCC.[CH2-]CCCCCCCC.[CH2-]CCCCCCCC.[CH2-]CCCCCCCC.[Pd].c1ccc([PH+](c2ccccc2)c2ccccc2)cc1. The normalized spacial score (nSPS) is 10.0. The third-order valence-electron chi connectivity index (χ3n) is 9.60. The second-order valence-corrected chi connectivity index (χ2v) is 17.4. The van der Waals surface area contributed by atoms with Crippen LogP contribution in [0.15, 0.2) is 91.0 Å². The molecule has 326 valence electrons. The van der Waals surface area contributed by atoms with E-state index in [9.17, 15) is 0 Å². The first-order chi connectivity index (χ1) is 27.1. The van der Waals surface area contributed by atoms with E-state index in [-0.39, 0.29) is 20.4 Å². The van der Waals surface area contributed by atoms with Crippen molar-refractivity contribution in [2.75, 3.05) is 0 Å². The van der Waals surface area contributed by atoms with Gasteiger partial charge in [-0.25, -0.2) is 0 Å².